The lowest BCUT2D eigenvalue weighted by Crippen LogP contribution is -2.41. The van der Waals surface area contributed by atoms with Crippen LogP contribution in [0.2, 0.25) is 0 Å². The highest BCUT2D eigenvalue weighted by Gasteiger charge is 2.21. The van der Waals surface area contributed by atoms with Crippen molar-refractivity contribution in [1.82, 2.24) is 5.32 Å². The van der Waals surface area contributed by atoms with E-state index in [4.69, 9.17) is 0 Å². The topological polar surface area (TPSA) is 29.1 Å². The second kappa shape index (κ2) is 4.86. The number of carbonyl (C=O) groups excluding carboxylic acids is 1. The summed E-state index contributed by atoms with van der Waals surface area (Å²) in [6.07, 6.45) is -1.14. The highest BCUT2D eigenvalue weighted by atomic mass is 19.1. The molecule has 0 spiro atoms. The molecule has 1 aromatic carbocycles. The van der Waals surface area contributed by atoms with E-state index in [1.54, 1.807) is 12.1 Å². The van der Waals surface area contributed by atoms with E-state index in [2.05, 4.69) is 5.32 Å². The highest BCUT2D eigenvalue weighted by molar-refractivity contribution is 5.96. The fourth-order valence-corrected chi connectivity index (χ4v) is 1.81. The Hall–Kier alpha value is -1.38. The van der Waals surface area contributed by atoms with Crippen LogP contribution in [0.25, 0.3) is 0 Å². The van der Waals surface area contributed by atoms with Crippen molar-refractivity contribution < 1.29 is 9.18 Å². The first kappa shape index (κ1) is 13.7. The summed E-state index contributed by atoms with van der Waals surface area (Å²) in [7, 11) is 0. The number of rotatable bonds is 2. The van der Waals surface area contributed by atoms with Gasteiger partial charge in [0.05, 0.1) is 0 Å². The molecule has 0 radical (unpaired) electrons. The molecule has 0 aliphatic rings. The zero-order valence-electron chi connectivity index (χ0n) is 11.1. The zero-order chi connectivity index (χ0) is 13.2. The van der Waals surface area contributed by atoms with Gasteiger partial charge in [0.25, 0.3) is 5.91 Å². The van der Waals surface area contributed by atoms with Gasteiger partial charge in [0.1, 0.15) is 6.17 Å². The van der Waals surface area contributed by atoms with Gasteiger partial charge in [-0.1, -0.05) is 12.1 Å². The molecule has 0 heterocycles. The van der Waals surface area contributed by atoms with Gasteiger partial charge in [0.15, 0.2) is 0 Å². The molecule has 1 rings (SSSR count). The van der Waals surface area contributed by atoms with Crippen LogP contribution in [0, 0.1) is 6.92 Å². The minimum Gasteiger partial charge on any atom is -0.347 e. The van der Waals surface area contributed by atoms with E-state index in [0.717, 1.165) is 5.56 Å². The maximum Gasteiger partial charge on any atom is 0.252 e. The summed E-state index contributed by atoms with van der Waals surface area (Å²) < 4.78 is 13.6. The van der Waals surface area contributed by atoms with Crippen LogP contribution in [0.15, 0.2) is 18.2 Å². The quantitative estimate of drug-likeness (QED) is 0.837. The van der Waals surface area contributed by atoms with Gasteiger partial charge >= 0.3 is 0 Å². The Bertz CT molecular complexity index is 419. The molecule has 0 unspecified atom stereocenters. The van der Waals surface area contributed by atoms with E-state index in [0.29, 0.717) is 11.1 Å². The maximum atomic E-state index is 13.6. The van der Waals surface area contributed by atoms with E-state index in [-0.39, 0.29) is 11.4 Å². The Morgan fingerprint density at radius 1 is 1.35 bits per heavy atom. The number of benzene rings is 1. The molecule has 0 aliphatic carbocycles. The van der Waals surface area contributed by atoms with Gasteiger partial charge in [0, 0.05) is 16.7 Å². The van der Waals surface area contributed by atoms with Crippen molar-refractivity contribution in [3.63, 3.8) is 0 Å². The first-order valence-corrected chi connectivity index (χ1v) is 5.78. The lowest BCUT2D eigenvalue weighted by Gasteiger charge is -2.22. The molecule has 3 heteroatoms. The van der Waals surface area contributed by atoms with Crippen LogP contribution in [0.5, 0.6) is 0 Å². The Morgan fingerprint density at radius 3 is 2.41 bits per heavy atom. The molecule has 2 nitrogen and oxygen atoms in total. The van der Waals surface area contributed by atoms with Crippen molar-refractivity contribution in [1.29, 1.82) is 0 Å². The standard InChI is InChI=1S/C14H20FNO/c1-9-7-6-8-11(12(9)10(2)15)13(17)16-14(3,4)5/h6-8,10H,1-5H3,(H,16,17)/t10-/m0/s1. The number of aryl methyl sites for hydroxylation is 1. The predicted molar refractivity (Wildman–Crippen MR) is 67.9 cm³/mol. The molecule has 1 aromatic rings. The van der Waals surface area contributed by atoms with Crippen LogP contribution in [0.3, 0.4) is 0 Å². The van der Waals surface area contributed by atoms with Crippen molar-refractivity contribution in [2.45, 2.75) is 46.3 Å². The summed E-state index contributed by atoms with van der Waals surface area (Å²) in [4.78, 5) is 12.1. The fourth-order valence-electron chi connectivity index (χ4n) is 1.81. The summed E-state index contributed by atoms with van der Waals surface area (Å²) in [5, 5.41) is 2.85. The summed E-state index contributed by atoms with van der Waals surface area (Å²) in [6.45, 7) is 8.98. The molecule has 0 aromatic heterocycles. The summed E-state index contributed by atoms with van der Waals surface area (Å²) in [5.41, 5.74) is 1.39. The second-order valence-corrected chi connectivity index (χ2v) is 5.36. The van der Waals surface area contributed by atoms with E-state index >= 15 is 0 Å². The van der Waals surface area contributed by atoms with Crippen molar-refractivity contribution in [3.05, 3.63) is 34.9 Å². The second-order valence-electron chi connectivity index (χ2n) is 5.36. The van der Waals surface area contributed by atoms with Crippen LogP contribution in [0.4, 0.5) is 4.39 Å². The third kappa shape index (κ3) is 3.55. The van der Waals surface area contributed by atoms with Gasteiger partial charge in [-0.15, -0.1) is 0 Å². The van der Waals surface area contributed by atoms with Gasteiger partial charge in [-0.25, -0.2) is 4.39 Å². The molecule has 0 saturated carbocycles. The molecule has 0 fully saturated rings. The average Bonchev–Trinajstić information content (AvgIpc) is 2.13. The largest absolute Gasteiger partial charge is 0.347 e. The van der Waals surface area contributed by atoms with Crippen molar-refractivity contribution in [2.75, 3.05) is 0 Å². The van der Waals surface area contributed by atoms with Crippen molar-refractivity contribution in [3.8, 4) is 0 Å². The minimum atomic E-state index is -1.14. The maximum absolute atomic E-state index is 13.6. The Labute approximate surface area is 102 Å². The molecule has 1 atom stereocenters. The van der Waals surface area contributed by atoms with Crippen LogP contribution in [0.1, 0.15) is 55.4 Å². The number of hydrogen-bond donors (Lipinski definition) is 1. The van der Waals surface area contributed by atoms with Gasteiger partial charge < -0.3 is 5.32 Å². The molecular weight excluding hydrogens is 217 g/mol. The van der Waals surface area contributed by atoms with Crippen molar-refractivity contribution in [2.24, 2.45) is 0 Å². The van der Waals surface area contributed by atoms with E-state index in [1.807, 2.05) is 33.8 Å². The molecule has 0 aliphatic heterocycles. The number of nitrogens with one attached hydrogen (secondary N) is 1. The molecular formula is C14H20FNO. The van der Waals surface area contributed by atoms with Gasteiger partial charge in [-0.2, -0.15) is 0 Å². The van der Waals surface area contributed by atoms with E-state index < -0.39 is 6.17 Å². The number of hydrogen-bond acceptors (Lipinski definition) is 1. The molecule has 94 valence electrons. The lowest BCUT2D eigenvalue weighted by atomic mass is 9.97. The number of alkyl halides is 1. The van der Waals surface area contributed by atoms with Crippen LogP contribution < -0.4 is 5.32 Å². The number of carbonyl (C=O) groups is 1. The normalized spacial score (nSPS) is 13.3. The number of halogens is 1. The Kier molecular flexibility index (Phi) is 3.91. The minimum absolute atomic E-state index is 0.222. The van der Waals surface area contributed by atoms with Gasteiger partial charge in [-0.3, -0.25) is 4.79 Å². The Morgan fingerprint density at radius 2 is 1.94 bits per heavy atom. The SMILES string of the molecule is Cc1cccc(C(=O)NC(C)(C)C)c1[C@H](C)F. The molecule has 0 saturated heterocycles. The Balaban J connectivity index is 3.14. The highest BCUT2D eigenvalue weighted by Crippen LogP contribution is 2.25. The van der Waals surface area contributed by atoms with Crippen LogP contribution in [-0.2, 0) is 0 Å². The monoisotopic (exact) mass is 237 g/mol. The third-order valence-electron chi connectivity index (χ3n) is 2.46. The zero-order valence-corrected chi connectivity index (χ0v) is 11.1. The van der Waals surface area contributed by atoms with Gasteiger partial charge in [-0.05, 0) is 46.2 Å². The summed E-state index contributed by atoms with van der Waals surface area (Å²) in [5.74, 6) is -0.222. The summed E-state index contributed by atoms with van der Waals surface area (Å²) >= 11 is 0. The third-order valence-corrected chi connectivity index (χ3v) is 2.46. The van der Waals surface area contributed by atoms with Crippen LogP contribution >= 0.6 is 0 Å². The molecule has 1 amide bonds. The van der Waals surface area contributed by atoms with E-state index in [1.165, 1.54) is 6.92 Å². The average molecular weight is 237 g/mol. The smallest absolute Gasteiger partial charge is 0.252 e. The molecule has 1 N–H and O–H groups in total. The first-order valence-electron chi connectivity index (χ1n) is 5.78. The van der Waals surface area contributed by atoms with Gasteiger partial charge in [0.2, 0.25) is 0 Å². The van der Waals surface area contributed by atoms with Crippen LogP contribution in [-0.4, -0.2) is 11.4 Å². The van der Waals surface area contributed by atoms with Crippen molar-refractivity contribution >= 4 is 5.91 Å². The molecule has 17 heavy (non-hydrogen) atoms. The summed E-state index contributed by atoms with van der Waals surface area (Å²) in [6, 6.07) is 5.26. The lowest BCUT2D eigenvalue weighted by molar-refractivity contribution is 0.0916. The van der Waals surface area contributed by atoms with E-state index in [9.17, 15) is 9.18 Å². The first-order chi connectivity index (χ1) is 7.72. The number of amides is 1. The fraction of sp³-hybridized carbons (Fsp3) is 0.500. The molecule has 0 bridgehead atoms. The predicted octanol–water partition coefficient (Wildman–Crippen LogP) is 3.55.